The van der Waals surface area contributed by atoms with Crippen LogP contribution in [0.15, 0.2) is 5.16 Å². The van der Waals surface area contributed by atoms with Crippen molar-refractivity contribution in [3.05, 3.63) is 0 Å². The first kappa shape index (κ1) is 9.96. The Morgan fingerprint density at radius 3 is 3.07 bits per heavy atom. The number of halogens is 1. The largest absolute Gasteiger partial charge is 0.461 e. The summed E-state index contributed by atoms with van der Waals surface area (Å²) in [6, 6.07) is 0. The average molecular weight is 262 g/mol. The molecular weight excluding hydrogens is 250 g/mol. The van der Waals surface area contributed by atoms with Crippen LogP contribution in [0.2, 0.25) is 0 Å². The maximum atomic E-state index is 11.7. The van der Waals surface area contributed by atoms with Crippen LogP contribution in [0, 0.1) is 5.41 Å². The van der Waals surface area contributed by atoms with Gasteiger partial charge in [0.15, 0.2) is 0 Å². The first-order valence-electron chi connectivity index (χ1n) is 4.71. The molecule has 1 saturated heterocycles. The van der Waals surface area contributed by atoms with Crippen LogP contribution >= 0.6 is 15.9 Å². The third-order valence-corrected chi connectivity index (χ3v) is 3.83. The van der Waals surface area contributed by atoms with Crippen molar-refractivity contribution >= 4 is 27.6 Å². The Balaban J connectivity index is 2.27. The van der Waals surface area contributed by atoms with Gasteiger partial charge in [-0.3, -0.25) is 4.79 Å². The monoisotopic (exact) mass is 261 g/mol. The molecule has 78 valence electrons. The maximum Gasteiger partial charge on any atom is 0.318 e. The van der Waals surface area contributed by atoms with Gasteiger partial charge in [-0.1, -0.05) is 21.1 Å². The standard InChI is InChI=1S/C9H12BrNO3/c10-5-6-4-9(8(12)14-6)3-1-2-7(9)11-13/h6,13H,1-5H2. The second kappa shape index (κ2) is 3.53. The van der Waals surface area contributed by atoms with Gasteiger partial charge in [-0.05, 0) is 19.3 Å². The van der Waals surface area contributed by atoms with Crippen LogP contribution in [0.3, 0.4) is 0 Å². The normalized spacial score (nSPS) is 39.6. The van der Waals surface area contributed by atoms with Crippen molar-refractivity contribution in [2.75, 3.05) is 5.33 Å². The Bertz CT molecular complexity index is 292. The number of carbonyl (C=O) groups is 1. The quantitative estimate of drug-likeness (QED) is 0.338. The van der Waals surface area contributed by atoms with E-state index in [2.05, 4.69) is 21.1 Å². The van der Waals surface area contributed by atoms with Crippen LogP contribution in [-0.2, 0) is 9.53 Å². The highest BCUT2D eigenvalue weighted by atomic mass is 79.9. The van der Waals surface area contributed by atoms with Crippen LogP contribution in [0.5, 0.6) is 0 Å². The van der Waals surface area contributed by atoms with Gasteiger partial charge in [0.05, 0.1) is 5.71 Å². The van der Waals surface area contributed by atoms with E-state index in [4.69, 9.17) is 9.94 Å². The zero-order chi connectivity index (χ0) is 10.2. The van der Waals surface area contributed by atoms with Gasteiger partial charge in [-0.2, -0.15) is 0 Å². The van der Waals surface area contributed by atoms with E-state index in [1.54, 1.807) is 0 Å². The van der Waals surface area contributed by atoms with Gasteiger partial charge in [0, 0.05) is 11.8 Å². The molecule has 1 saturated carbocycles. The summed E-state index contributed by atoms with van der Waals surface area (Å²) in [7, 11) is 0. The number of cyclic esters (lactones) is 1. The lowest BCUT2D eigenvalue weighted by molar-refractivity contribution is -0.145. The number of rotatable bonds is 1. The highest BCUT2D eigenvalue weighted by Gasteiger charge is 2.54. The highest BCUT2D eigenvalue weighted by Crippen LogP contribution is 2.46. The van der Waals surface area contributed by atoms with Crippen molar-refractivity contribution in [3.8, 4) is 0 Å². The summed E-state index contributed by atoms with van der Waals surface area (Å²) in [5.41, 5.74) is -0.00125. The lowest BCUT2D eigenvalue weighted by Crippen LogP contribution is -2.31. The summed E-state index contributed by atoms with van der Waals surface area (Å²) in [6.45, 7) is 0. The zero-order valence-corrected chi connectivity index (χ0v) is 9.29. The van der Waals surface area contributed by atoms with Gasteiger partial charge in [0.25, 0.3) is 0 Å². The molecule has 1 N–H and O–H groups in total. The third kappa shape index (κ3) is 1.26. The Hall–Kier alpha value is -0.580. The molecule has 2 rings (SSSR count). The molecule has 1 heterocycles. The minimum atomic E-state index is -0.604. The van der Waals surface area contributed by atoms with Crippen molar-refractivity contribution in [2.24, 2.45) is 10.6 Å². The molecule has 1 aliphatic carbocycles. The Labute approximate surface area is 90.4 Å². The van der Waals surface area contributed by atoms with Crippen molar-refractivity contribution < 1.29 is 14.7 Å². The second-order valence-corrected chi connectivity index (χ2v) is 4.52. The second-order valence-electron chi connectivity index (χ2n) is 3.87. The third-order valence-electron chi connectivity index (χ3n) is 3.10. The topological polar surface area (TPSA) is 58.9 Å². The molecule has 0 aromatic heterocycles. The fourth-order valence-electron chi connectivity index (χ4n) is 2.39. The molecule has 2 atom stereocenters. The van der Waals surface area contributed by atoms with Gasteiger partial charge < -0.3 is 9.94 Å². The summed E-state index contributed by atoms with van der Waals surface area (Å²) in [5, 5.41) is 12.7. The van der Waals surface area contributed by atoms with E-state index in [9.17, 15) is 4.79 Å². The molecule has 0 aromatic carbocycles. The van der Waals surface area contributed by atoms with E-state index in [1.165, 1.54) is 0 Å². The lowest BCUT2D eigenvalue weighted by Gasteiger charge is -2.16. The van der Waals surface area contributed by atoms with Gasteiger partial charge in [-0.25, -0.2) is 0 Å². The number of esters is 1. The van der Waals surface area contributed by atoms with Crippen LogP contribution < -0.4 is 0 Å². The van der Waals surface area contributed by atoms with Gasteiger partial charge in [-0.15, -0.1) is 0 Å². The number of hydrogen-bond donors (Lipinski definition) is 1. The fraction of sp³-hybridized carbons (Fsp3) is 0.778. The number of carbonyl (C=O) groups excluding carboxylic acids is 1. The van der Waals surface area contributed by atoms with Crippen molar-refractivity contribution in [3.63, 3.8) is 0 Å². The van der Waals surface area contributed by atoms with E-state index in [0.29, 0.717) is 23.9 Å². The van der Waals surface area contributed by atoms with Crippen molar-refractivity contribution in [1.29, 1.82) is 0 Å². The molecule has 1 spiro atoms. The maximum absolute atomic E-state index is 11.7. The van der Waals surface area contributed by atoms with E-state index in [-0.39, 0.29) is 12.1 Å². The Morgan fingerprint density at radius 1 is 1.71 bits per heavy atom. The summed E-state index contributed by atoms with van der Waals surface area (Å²) in [6.07, 6.45) is 2.95. The number of ether oxygens (including phenoxy) is 1. The van der Waals surface area contributed by atoms with Crippen molar-refractivity contribution in [2.45, 2.75) is 31.8 Å². The predicted molar refractivity (Wildman–Crippen MR) is 53.8 cm³/mol. The average Bonchev–Trinajstić information content (AvgIpc) is 2.73. The molecule has 0 bridgehead atoms. The summed E-state index contributed by atoms with van der Waals surface area (Å²) in [4.78, 5) is 11.7. The van der Waals surface area contributed by atoms with Crippen molar-refractivity contribution in [1.82, 2.24) is 0 Å². The zero-order valence-electron chi connectivity index (χ0n) is 7.70. The summed E-state index contributed by atoms with van der Waals surface area (Å²) >= 11 is 3.30. The molecule has 1 aliphatic heterocycles. The molecule has 0 amide bonds. The van der Waals surface area contributed by atoms with Gasteiger partial charge >= 0.3 is 5.97 Å². The minimum absolute atomic E-state index is 0.0719. The van der Waals surface area contributed by atoms with Crippen LogP contribution in [0.25, 0.3) is 0 Å². The van der Waals surface area contributed by atoms with Gasteiger partial charge in [0.1, 0.15) is 11.5 Å². The molecule has 4 nitrogen and oxygen atoms in total. The van der Waals surface area contributed by atoms with Gasteiger partial charge in [0.2, 0.25) is 0 Å². The van der Waals surface area contributed by atoms with E-state index in [0.717, 1.165) is 12.8 Å². The van der Waals surface area contributed by atoms with Crippen LogP contribution in [0.1, 0.15) is 25.7 Å². The Kier molecular flexibility index (Phi) is 2.51. The first-order chi connectivity index (χ1) is 6.73. The lowest BCUT2D eigenvalue weighted by atomic mass is 9.82. The molecule has 2 unspecified atom stereocenters. The highest BCUT2D eigenvalue weighted by molar-refractivity contribution is 9.09. The number of hydrogen-bond acceptors (Lipinski definition) is 4. The number of nitrogens with zero attached hydrogens (tertiary/aromatic N) is 1. The van der Waals surface area contributed by atoms with Crippen LogP contribution in [-0.4, -0.2) is 28.3 Å². The smallest absolute Gasteiger partial charge is 0.318 e. The first-order valence-corrected chi connectivity index (χ1v) is 5.83. The molecule has 14 heavy (non-hydrogen) atoms. The number of oxime groups is 1. The molecule has 0 aromatic rings. The molecule has 0 radical (unpaired) electrons. The summed E-state index contributed by atoms with van der Waals surface area (Å²) < 4.78 is 5.20. The van der Waals surface area contributed by atoms with E-state index >= 15 is 0 Å². The summed E-state index contributed by atoms with van der Waals surface area (Å²) in [5.74, 6) is -0.216. The van der Waals surface area contributed by atoms with Crippen LogP contribution in [0.4, 0.5) is 0 Å². The molecule has 5 heteroatoms. The minimum Gasteiger partial charge on any atom is -0.461 e. The molecular formula is C9H12BrNO3. The molecule has 2 fully saturated rings. The molecule has 2 aliphatic rings. The van der Waals surface area contributed by atoms with E-state index < -0.39 is 5.41 Å². The SMILES string of the molecule is O=C1OC(CBr)CC12CCCC2=NO. The fourth-order valence-corrected chi connectivity index (χ4v) is 2.75. The predicted octanol–water partition coefficient (Wildman–Crippen LogP) is 1.70. The Morgan fingerprint density at radius 2 is 2.50 bits per heavy atom. The van der Waals surface area contributed by atoms with E-state index in [1.807, 2.05) is 0 Å². The number of alkyl halides is 1.